The Morgan fingerprint density at radius 2 is 2.27 bits per heavy atom. The van der Waals surface area contributed by atoms with E-state index in [1.165, 1.54) is 12.5 Å². The van der Waals surface area contributed by atoms with Gasteiger partial charge in [-0.2, -0.15) is 0 Å². The van der Waals surface area contributed by atoms with Gasteiger partial charge in [0.2, 0.25) is 0 Å². The summed E-state index contributed by atoms with van der Waals surface area (Å²) < 4.78 is 4.91. The maximum Gasteiger partial charge on any atom is 0.257 e. The summed E-state index contributed by atoms with van der Waals surface area (Å²) in [4.78, 5) is 13.8. The standard InChI is InChI=1S/C17H14ClNO3/c18-15-3-1-2-13(10-15)4-6-17(21)7-8-19(12-17)16(20)14-5-9-22-11-14/h1-3,5,9-11,21H,7-8,12H2. The van der Waals surface area contributed by atoms with Crippen molar-refractivity contribution >= 4 is 17.5 Å². The zero-order chi connectivity index (χ0) is 15.6. The number of hydrogen-bond acceptors (Lipinski definition) is 3. The Morgan fingerprint density at radius 3 is 3.00 bits per heavy atom. The number of nitrogens with zero attached hydrogens (tertiary/aromatic N) is 1. The van der Waals surface area contributed by atoms with E-state index in [0.29, 0.717) is 23.6 Å². The van der Waals surface area contributed by atoms with Crippen molar-refractivity contribution in [3.63, 3.8) is 0 Å². The van der Waals surface area contributed by atoms with E-state index in [0.717, 1.165) is 5.56 Å². The second-order valence-electron chi connectivity index (χ2n) is 5.28. The second kappa shape index (κ2) is 5.88. The fourth-order valence-electron chi connectivity index (χ4n) is 2.39. The van der Waals surface area contributed by atoms with E-state index >= 15 is 0 Å². The van der Waals surface area contributed by atoms with Crippen molar-refractivity contribution in [1.29, 1.82) is 0 Å². The second-order valence-corrected chi connectivity index (χ2v) is 5.72. The first-order chi connectivity index (χ1) is 10.6. The molecule has 1 aromatic carbocycles. The van der Waals surface area contributed by atoms with Crippen LogP contribution in [-0.2, 0) is 0 Å². The lowest BCUT2D eigenvalue weighted by molar-refractivity contribution is 0.0707. The minimum atomic E-state index is -1.19. The quantitative estimate of drug-likeness (QED) is 0.823. The number of furan rings is 1. The number of β-amino-alcohol motifs (C(OH)–C–C–N with tert-alkyl or cyclic N) is 1. The number of likely N-dealkylation sites (tertiary alicyclic amines) is 1. The highest BCUT2D eigenvalue weighted by molar-refractivity contribution is 6.30. The summed E-state index contributed by atoms with van der Waals surface area (Å²) >= 11 is 5.90. The summed E-state index contributed by atoms with van der Waals surface area (Å²) in [5.41, 5.74) is 0.0226. The van der Waals surface area contributed by atoms with Gasteiger partial charge in [0.25, 0.3) is 5.91 Å². The van der Waals surface area contributed by atoms with E-state index in [1.54, 1.807) is 29.2 Å². The highest BCUT2D eigenvalue weighted by atomic mass is 35.5. The van der Waals surface area contributed by atoms with Gasteiger partial charge in [-0.25, -0.2) is 0 Å². The molecular weight excluding hydrogens is 302 g/mol. The molecule has 0 saturated carbocycles. The Bertz CT molecular complexity index is 745. The third kappa shape index (κ3) is 3.16. The van der Waals surface area contributed by atoms with Gasteiger partial charge in [0.05, 0.1) is 18.4 Å². The number of benzene rings is 1. The van der Waals surface area contributed by atoms with E-state index in [9.17, 15) is 9.90 Å². The fraction of sp³-hybridized carbons (Fsp3) is 0.235. The number of hydrogen-bond donors (Lipinski definition) is 1. The maximum atomic E-state index is 12.2. The molecule has 1 aliphatic rings. The number of carbonyl (C=O) groups is 1. The van der Waals surface area contributed by atoms with Gasteiger partial charge in [0, 0.05) is 23.6 Å². The molecule has 4 nitrogen and oxygen atoms in total. The molecule has 2 aromatic rings. The minimum absolute atomic E-state index is 0.158. The Morgan fingerprint density at radius 1 is 1.41 bits per heavy atom. The molecule has 1 atom stereocenters. The smallest absolute Gasteiger partial charge is 0.257 e. The summed E-state index contributed by atoms with van der Waals surface area (Å²) in [6.45, 7) is 0.648. The highest BCUT2D eigenvalue weighted by Gasteiger charge is 2.37. The first-order valence-electron chi connectivity index (χ1n) is 6.88. The van der Waals surface area contributed by atoms with Crippen LogP contribution in [0.2, 0.25) is 5.02 Å². The van der Waals surface area contributed by atoms with Crippen molar-refractivity contribution in [2.45, 2.75) is 12.0 Å². The van der Waals surface area contributed by atoms with Crippen molar-refractivity contribution in [1.82, 2.24) is 4.90 Å². The van der Waals surface area contributed by atoms with Gasteiger partial charge in [-0.1, -0.05) is 29.5 Å². The number of aliphatic hydroxyl groups is 1. The van der Waals surface area contributed by atoms with Gasteiger partial charge < -0.3 is 14.4 Å². The predicted octanol–water partition coefficient (Wildman–Crippen LogP) is 2.56. The topological polar surface area (TPSA) is 53.7 Å². The molecule has 0 bridgehead atoms. The molecule has 5 heteroatoms. The van der Waals surface area contributed by atoms with Crippen LogP contribution in [0.25, 0.3) is 0 Å². The van der Waals surface area contributed by atoms with Crippen LogP contribution in [0, 0.1) is 11.8 Å². The van der Waals surface area contributed by atoms with E-state index in [-0.39, 0.29) is 12.5 Å². The van der Waals surface area contributed by atoms with Gasteiger partial charge >= 0.3 is 0 Å². The van der Waals surface area contributed by atoms with Crippen molar-refractivity contribution < 1.29 is 14.3 Å². The molecule has 1 aromatic heterocycles. The van der Waals surface area contributed by atoms with Crippen molar-refractivity contribution in [2.75, 3.05) is 13.1 Å². The summed E-state index contributed by atoms with van der Waals surface area (Å²) in [7, 11) is 0. The molecule has 0 radical (unpaired) electrons. The third-order valence-corrected chi connectivity index (χ3v) is 3.80. The summed E-state index contributed by atoms with van der Waals surface area (Å²) in [5.74, 6) is 5.62. The maximum absolute atomic E-state index is 12.2. The van der Waals surface area contributed by atoms with Gasteiger partial charge in [0.15, 0.2) is 0 Å². The van der Waals surface area contributed by atoms with E-state index in [2.05, 4.69) is 11.8 Å². The van der Waals surface area contributed by atoms with E-state index < -0.39 is 5.60 Å². The minimum Gasteiger partial charge on any atom is -0.472 e. The van der Waals surface area contributed by atoms with Crippen molar-refractivity contribution in [3.05, 3.63) is 59.0 Å². The van der Waals surface area contributed by atoms with Crippen LogP contribution in [0.5, 0.6) is 0 Å². The van der Waals surface area contributed by atoms with Gasteiger partial charge in [-0.15, -0.1) is 0 Å². The lowest BCUT2D eigenvalue weighted by Gasteiger charge is -2.17. The van der Waals surface area contributed by atoms with Crippen LogP contribution < -0.4 is 0 Å². The number of carbonyl (C=O) groups excluding carboxylic acids is 1. The molecular formula is C17H14ClNO3. The average Bonchev–Trinajstić information content (AvgIpc) is 3.15. The lowest BCUT2D eigenvalue weighted by Crippen LogP contribution is -2.35. The monoisotopic (exact) mass is 315 g/mol. The van der Waals surface area contributed by atoms with Crippen LogP contribution in [-0.4, -0.2) is 34.6 Å². The van der Waals surface area contributed by atoms with Crippen molar-refractivity contribution in [3.8, 4) is 11.8 Å². The van der Waals surface area contributed by atoms with Crippen molar-refractivity contribution in [2.24, 2.45) is 0 Å². The average molecular weight is 316 g/mol. The molecule has 112 valence electrons. The SMILES string of the molecule is O=C(c1ccoc1)N1CCC(O)(C#Cc2cccc(Cl)c2)C1. The summed E-state index contributed by atoms with van der Waals surface area (Å²) in [6.07, 6.45) is 3.27. The molecule has 1 unspecified atom stereocenters. The number of amides is 1. The van der Waals surface area contributed by atoms with Crippen LogP contribution in [0.15, 0.2) is 47.3 Å². The molecule has 1 N–H and O–H groups in total. The lowest BCUT2D eigenvalue weighted by atomic mass is 10.0. The molecule has 1 fully saturated rings. The normalized spacial score (nSPS) is 20.5. The van der Waals surface area contributed by atoms with Crippen LogP contribution in [0.4, 0.5) is 0 Å². The third-order valence-electron chi connectivity index (χ3n) is 3.57. The first kappa shape index (κ1) is 14.7. The molecule has 1 aliphatic heterocycles. The fourth-order valence-corrected chi connectivity index (χ4v) is 2.58. The summed E-state index contributed by atoms with van der Waals surface area (Å²) in [5, 5.41) is 11.1. The summed E-state index contributed by atoms with van der Waals surface area (Å²) in [6, 6.07) is 8.74. The van der Waals surface area contributed by atoms with Crippen LogP contribution in [0.3, 0.4) is 0 Å². The zero-order valence-corrected chi connectivity index (χ0v) is 12.5. The number of rotatable bonds is 1. The molecule has 2 heterocycles. The largest absolute Gasteiger partial charge is 0.472 e. The molecule has 1 amide bonds. The Balaban J connectivity index is 1.72. The molecule has 0 aliphatic carbocycles. The molecule has 3 rings (SSSR count). The zero-order valence-electron chi connectivity index (χ0n) is 11.8. The first-order valence-corrected chi connectivity index (χ1v) is 7.26. The van der Waals surface area contributed by atoms with Gasteiger partial charge in [0.1, 0.15) is 11.9 Å². The Kier molecular flexibility index (Phi) is 3.93. The van der Waals surface area contributed by atoms with E-state index in [1.807, 2.05) is 6.07 Å². The highest BCUT2D eigenvalue weighted by Crippen LogP contribution is 2.23. The van der Waals surface area contributed by atoms with Crippen LogP contribution in [0.1, 0.15) is 22.3 Å². The molecule has 0 spiro atoms. The van der Waals surface area contributed by atoms with E-state index in [4.69, 9.17) is 16.0 Å². The predicted molar refractivity (Wildman–Crippen MR) is 82.5 cm³/mol. The number of halogens is 1. The van der Waals surface area contributed by atoms with Gasteiger partial charge in [-0.3, -0.25) is 4.79 Å². The molecule has 1 saturated heterocycles. The Labute approximate surface area is 133 Å². The van der Waals surface area contributed by atoms with Gasteiger partial charge in [-0.05, 0) is 24.3 Å². The van der Waals surface area contributed by atoms with Crippen LogP contribution >= 0.6 is 11.6 Å². The Hall–Kier alpha value is -2.22. The molecule has 22 heavy (non-hydrogen) atoms.